The Hall–Kier alpha value is -0.0400. The maximum Gasteiger partial charge on any atom is -0.00206 e. The molecule has 3 unspecified atom stereocenters. The summed E-state index contributed by atoms with van der Waals surface area (Å²) >= 11 is 0. The number of hydrogen-bond acceptors (Lipinski definition) is 1. The highest BCUT2D eigenvalue weighted by molar-refractivity contribution is 4.69. The fourth-order valence-electron chi connectivity index (χ4n) is 2.45. The van der Waals surface area contributed by atoms with E-state index in [1.165, 1.54) is 51.6 Å². The SMILES string of the molecule is CCCCC(CC)CC(C)C(C)CNCCC. The summed E-state index contributed by atoms with van der Waals surface area (Å²) in [4.78, 5) is 0. The van der Waals surface area contributed by atoms with Crippen LogP contribution in [0, 0.1) is 17.8 Å². The average Bonchev–Trinajstić information content (AvgIpc) is 2.34. The molecule has 0 aromatic heterocycles. The van der Waals surface area contributed by atoms with Gasteiger partial charge in [-0.1, -0.05) is 60.3 Å². The molecule has 0 aromatic rings. The van der Waals surface area contributed by atoms with E-state index in [2.05, 4.69) is 39.9 Å². The van der Waals surface area contributed by atoms with Crippen LogP contribution in [0.5, 0.6) is 0 Å². The molecule has 104 valence electrons. The van der Waals surface area contributed by atoms with Gasteiger partial charge in [0.05, 0.1) is 0 Å². The molecule has 0 aliphatic heterocycles. The molecule has 3 atom stereocenters. The molecule has 1 heteroatoms. The topological polar surface area (TPSA) is 12.0 Å². The van der Waals surface area contributed by atoms with Gasteiger partial charge >= 0.3 is 0 Å². The van der Waals surface area contributed by atoms with E-state index in [9.17, 15) is 0 Å². The first-order chi connectivity index (χ1) is 8.15. The molecule has 0 saturated heterocycles. The third kappa shape index (κ3) is 8.65. The summed E-state index contributed by atoms with van der Waals surface area (Å²) in [6, 6.07) is 0. The van der Waals surface area contributed by atoms with Crippen LogP contribution in [0.25, 0.3) is 0 Å². The first-order valence-corrected chi connectivity index (χ1v) is 7.86. The minimum atomic E-state index is 0.817. The summed E-state index contributed by atoms with van der Waals surface area (Å²) in [5.74, 6) is 2.64. The van der Waals surface area contributed by atoms with Crippen molar-refractivity contribution in [3.8, 4) is 0 Å². The zero-order valence-corrected chi connectivity index (χ0v) is 12.9. The summed E-state index contributed by atoms with van der Waals surface area (Å²) in [6.45, 7) is 14.1. The van der Waals surface area contributed by atoms with E-state index in [4.69, 9.17) is 0 Å². The van der Waals surface area contributed by atoms with Crippen LogP contribution in [0.4, 0.5) is 0 Å². The molecule has 0 aliphatic rings. The molecule has 0 aromatic carbocycles. The highest BCUT2D eigenvalue weighted by atomic mass is 14.8. The average molecular weight is 241 g/mol. The summed E-state index contributed by atoms with van der Waals surface area (Å²) in [7, 11) is 0. The number of hydrogen-bond donors (Lipinski definition) is 1. The van der Waals surface area contributed by atoms with E-state index >= 15 is 0 Å². The Morgan fingerprint density at radius 1 is 0.941 bits per heavy atom. The van der Waals surface area contributed by atoms with Crippen LogP contribution < -0.4 is 5.32 Å². The van der Waals surface area contributed by atoms with Crippen LogP contribution >= 0.6 is 0 Å². The third-order valence-electron chi connectivity index (χ3n) is 4.11. The normalized spacial score (nSPS) is 16.8. The largest absolute Gasteiger partial charge is 0.316 e. The van der Waals surface area contributed by atoms with Gasteiger partial charge in [0.15, 0.2) is 0 Å². The standard InChI is InChI=1S/C16H35N/c1-6-9-10-16(8-3)12-14(4)15(5)13-17-11-7-2/h14-17H,6-13H2,1-5H3. The molecule has 0 aliphatic carbocycles. The fourth-order valence-corrected chi connectivity index (χ4v) is 2.45. The van der Waals surface area contributed by atoms with Crippen molar-refractivity contribution in [2.45, 2.75) is 73.1 Å². The lowest BCUT2D eigenvalue weighted by molar-refractivity contribution is 0.277. The van der Waals surface area contributed by atoms with Crippen LogP contribution in [0.2, 0.25) is 0 Å². The fraction of sp³-hybridized carbons (Fsp3) is 1.00. The summed E-state index contributed by atoms with van der Waals surface area (Å²) in [5.41, 5.74) is 0. The second-order valence-corrected chi connectivity index (χ2v) is 5.81. The van der Waals surface area contributed by atoms with E-state index in [-0.39, 0.29) is 0 Å². The van der Waals surface area contributed by atoms with E-state index in [0.29, 0.717) is 0 Å². The van der Waals surface area contributed by atoms with Gasteiger partial charge in [-0.2, -0.15) is 0 Å². The van der Waals surface area contributed by atoms with Crippen molar-refractivity contribution in [1.29, 1.82) is 0 Å². The second kappa shape index (κ2) is 11.1. The van der Waals surface area contributed by atoms with Gasteiger partial charge in [0.1, 0.15) is 0 Å². The molecular weight excluding hydrogens is 206 g/mol. The molecule has 0 bridgehead atoms. The minimum absolute atomic E-state index is 0.817. The maximum atomic E-state index is 3.55. The third-order valence-corrected chi connectivity index (χ3v) is 4.11. The van der Waals surface area contributed by atoms with E-state index in [1.54, 1.807) is 0 Å². The zero-order valence-electron chi connectivity index (χ0n) is 12.9. The highest BCUT2D eigenvalue weighted by Crippen LogP contribution is 2.25. The Balaban J connectivity index is 3.81. The molecule has 0 radical (unpaired) electrons. The molecule has 0 saturated carbocycles. The minimum Gasteiger partial charge on any atom is -0.316 e. The summed E-state index contributed by atoms with van der Waals surface area (Å²) < 4.78 is 0. The van der Waals surface area contributed by atoms with Crippen molar-refractivity contribution in [2.75, 3.05) is 13.1 Å². The van der Waals surface area contributed by atoms with Gasteiger partial charge in [-0.25, -0.2) is 0 Å². The summed E-state index contributed by atoms with van der Waals surface area (Å²) in [5, 5.41) is 3.55. The van der Waals surface area contributed by atoms with Crippen molar-refractivity contribution in [2.24, 2.45) is 17.8 Å². The Morgan fingerprint density at radius 2 is 1.65 bits per heavy atom. The molecule has 17 heavy (non-hydrogen) atoms. The molecule has 1 nitrogen and oxygen atoms in total. The zero-order chi connectivity index (χ0) is 13.1. The first kappa shape index (κ1) is 17.0. The molecule has 0 spiro atoms. The highest BCUT2D eigenvalue weighted by Gasteiger charge is 2.16. The van der Waals surface area contributed by atoms with Gasteiger partial charge in [0.2, 0.25) is 0 Å². The molecule has 0 amide bonds. The molecule has 0 heterocycles. The number of nitrogens with one attached hydrogen (secondary N) is 1. The molecule has 0 rings (SSSR count). The van der Waals surface area contributed by atoms with Crippen molar-refractivity contribution in [1.82, 2.24) is 5.32 Å². The first-order valence-electron chi connectivity index (χ1n) is 7.86. The van der Waals surface area contributed by atoms with Crippen LogP contribution in [0.15, 0.2) is 0 Å². The summed E-state index contributed by atoms with van der Waals surface area (Å²) in [6.07, 6.45) is 8.22. The van der Waals surface area contributed by atoms with Gasteiger partial charge in [-0.3, -0.25) is 0 Å². The predicted molar refractivity (Wildman–Crippen MR) is 79.4 cm³/mol. The Morgan fingerprint density at radius 3 is 2.18 bits per heavy atom. The van der Waals surface area contributed by atoms with Gasteiger partial charge < -0.3 is 5.32 Å². The number of rotatable bonds is 11. The molecule has 1 N–H and O–H groups in total. The lowest BCUT2D eigenvalue weighted by Gasteiger charge is -2.25. The van der Waals surface area contributed by atoms with Gasteiger partial charge in [0, 0.05) is 0 Å². The van der Waals surface area contributed by atoms with Crippen molar-refractivity contribution in [3.05, 3.63) is 0 Å². The van der Waals surface area contributed by atoms with Crippen LogP contribution in [-0.2, 0) is 0 Å². The lowest BCUT2D eigenvalue weighted by atomic mass is 9.83. The van der Waals surface area contributed by atoms with Gasteiger partial charge in [-0.15, -0.1) is 0 Å². The van der Waals surface area contributed by atoms with Crippen LogP contribution in [0.1, 0.15) is 73.1 Å². The monoisotopic (exact) mass is 241 g/mol. The van der Waals surface area contributed by atoms with Crippen molar-refractivity contribution >= 4 is 0 Å². The van der Waals surface area contributed by atoms with E-state index in [0.717, 1.165) is 17.8 Å². The second-order valence-electron chi connectivity index (χ2n) is 5.81. The maximum absolute atomic E-state index is 3.55. The number of unbranched alkanes of at least 4 members (excludes halogenated alkanes) is 1. The van der Waals surface area contributed by atoms with Crippen molar-refractivity contribution < 1.29 is 0 Å². The Kier molecular flexibility index (Phi) is 11.0. The van der Waals surface area contributed by atoms with Crippen LogP contribution in [-0.4, -0.2) is 13.1 Å². The smallest absolute Gasteiger partial charge is 0.00206 e. The van der Waals surface area contributed by atoms with E-state index in [1.807, 2.05) is 0 Å². The predicted octanol–water partition coefficient (Wildman–Crippen LogP) is 4.86. The Bertz CT molecular complexity index is 156. The van der Waals surface area contributed by atoms with Crippen LogP contribution in [0.3, 0.4) is 0 Å². The molecular formula is C16H35N. The Labute approximate surface area is 110 Å². The van der Waals surface area contributed by atoms with Crippen molar-refractivity contribution in [3.63, 3.8) is 0 Å². The lowest BCUT2D eigenvalue weighted by Crippen LogP contribution is -2.26. The van der Waals surface area contributed by atoms with Gasteiger partial charge in [0.25, 0.3) is 0 Å². The molecule has 0 fully saturated rings. The van der Waals surface area contributed by atoms with Gasteiger partial charge in [-0.05, 0) is 43.7 Å². The quantitative estimate of drug-likeness (QED) is 0.509. The van der Waals surface area contributed by atoms with E-state index < -0.39 is 0 Å².